The first-order chi connectivity index (χ1) is 13.8. The van der Waals surface area contributed by atoms with Gasteiger partial charge in [-0.1, -0.05) is 0 Å². The number of aromatic nitrogens is 2. The van der Waals surface area contributed by atoms with Crippen LogP contribution in [0.5, 0.6) is 0 Å². The molecule has 2 aromatic heterocycles. The van der Waals surface area contributed by atoms with Gasteiger partial charge < -0.3 is 30.4 Å². The number of amides is 2. The minimum Gasteiger partial charge on any atom is -0.359 e. The standard InChI is InChI=1S/C17H24N8O4/c1-18-17(19-2)21-6-5-20-15(26)13-7-11(9-23(13)3)22-16(27)14-8-12(25(28)29)10-24(14)4/h7-10H,5-6H2,1-4H3,(H,20,26)(H,22,27)(H2,18,19,21). The summed E-state index contributed by atoms with van der Waals surface area (Å²) in [4.78, 5) is 39.0. The zero-order valence-electron chi connectivity index (χ0n) is 16.6. The molecule has 12 nitrogen and oxygen atoms in total. The van der Waals surface area contributed by atoms with E-state index in [1.807, 2.05) is 0 Å². The second-order valence-electron chi connectivity index (χ2n) is 6.14. The van der Waals surface area contributed by atoms with Crippen molar-refractivity contribution in [3.8, 4) is 0 Å². The highest BCUT2D eigenvalue weighted by Crippen LogP contribution is 2.18. The van der Waals surface area contributed by atoms with E-state index in [0.717, 1.165) is 0 Å². The van der Waals surface area contributed by atoms with E-state index in [4.69, 9.17) is 0 Å². The van der Waals surface area contributed by atoms with Crippen molar-refractivity contribution in [2.45, 2.75) is 0 Å². The maximum Gasteiger partial charge on any atom is 0.287 e. The summed E-state index contributed by atoms with van der Waals surface area (Å²) in [5, 5.41) is 22.1. The number of aliphatic imine (C=N–C) groups is 1. The van der Waals surface area contributed by atoms with E-state index in [1.54, 1.807) is 39.0 Å². The molecule has 0 aliphatic carbocycles. The Hall–Kier alpha value is -3.83. The summed E-state index contributed by atoms with van der Waals surface area (Å²) in [5.74, 6) is -0.200. The fourth-order valence-electron chi connectivity index (χ4n) is 2.65. The van der Waals surface area contributed by atoms with E-state index < -0.39 is 10.8 Å². The summed E-state index contributed by atoms with van der Waals surface area (Å²) in [6.45, 7) is 0.860. The second kappa shape index (κ2) is 9.39. The van der Waals surface area contributed by atoms with Crippen LogP contribution in [0.4, 0.5) is 11.4 Å². The molecule has 0 spiro atoms. The Morgan fingerprint density at radius 3 is 2.28 bits per heavy atom. The molecule has 0 aliphatic heterocycles. The largest absolute Gasteiger partial charge is 0.359 e. The van der Waals surface area contributed by atoms with Crippen LogP contribution in [-0.2, 0) is 14.1 Å². The van der Waals surface area contributed by atoms with Gasteiger partial charge in [0.05, 0.1) is 16.8 Å². The molecule has 156 valence electrons. The van der Waals surface area contributed by atoms with Gasteiger partial charge in [-0.3, -0.25) is 24.7 Å². The predicted octanol–water partition coefficient (Wildman–Crippen LogP) is 0.0487. The van der Waals surface area contributed by atoms with Crippen molar-refractivity contribution >= 4 is 29.1 Å². The third kappa shape index (κ3) is 5.34. The lowest BCUT2D eigenvalue weighted by atomic mass is 10.3. The number of nitrogens with one attached hydrogen (secondary N) is 4. The Morgan fingerprint density at radius 2 is 1.69 bits per heavy atom. The molecule has 0 unspecified atom stereocenters. The van der Waals surface area contributed by atoms with Crippen LogP contribution in [0.15, 0.2) is 29.5 Å². The Balaban J connectivity index is 1.98. The number of hydrogen-bond donors (Lipinski definition) is 4. The van der Waals surface area contributed by atoms with Crippen molar-refractivity contribution in [3.63, 3.8) is 0 Å². The Labute approximate surface area is 167 Å². The van der Waals surface area contributed by atoms with Crippen molar-refractivity contribution < 1.29 is 14.5 Å². The van der Waals surface area contributed by atoms with Gasteiger partial charge in [0.2, 0.25) is 0 Å². The molecule has 4 N–H and O–H groups in total. The molecule has 0 saturated carbocycles. The van der Waals surface area contributed by atoms with E-state index in [2.05, 4.69) is 26.3 Å². The smallest absolute Gasteiger partial charge is 0.287 e. The van der Waals surface area contributed by atoms with Crippen LogP contribution >= 0.6 is 0 Å². The van der Waals surface area contributed by atoms with Crippen LogP contribution in [0, 0.1) is 10.1 Å². The van der Waals surface area contributed by atoms with E-state index in [0.29, 0.717) is 30.4 Å². The number of anilines is 1. The van der Waals surface area contributed by atoms with Crippen LogP contribution in [0.25, 0.3) is 0 Å². The first-order valence-corrected chi connectivity index (χ1v) is 8.72. The van der Waals surface area contributed by atoms with Crippen molar-refractivity contribution in [2.75, 3.05) is 32.5 Å². The Kier molecular flexibility index (Phi) is 6.95. The van der Waals surface area contributed by atoms with E-state index in [1.165, 1.54) is 22.9 Å². The molecule has 0 bridgehead atoms. The van der Waals surface area contributed by atoms with Gasteiger partial charge >= 0.3 is 0 Å². The highest BCUT2D eigenvalue weighted by atomic mass is 16.6. The van der Waals surface area contributed by atoms with Crippen LogP contribution in [0.2, 0.25) is 0 Å². The van der Waals surface area contributed by atoms with Gasteiger partial charge in [0.15, 0.2) is 5.96 Å². The predicted molar refractivity (Wildman–Crippen MR) is 108 cm³/mol. The SMILES string of the molecule is CN=C(NC)NCCNC(=O)c1cc(NC(=O)c2cc([N+](=O)[O-])cn2C)cn1C. The second-order valence-corrected chi connectivity index (χ2v) is 6.14. The van der Waals surface area contributed by atoms with Crippen LogP contribution in [0.3, 0.4) is 0 Å². The molecule has 0 aromatic carbocycles. The molecule has 0 fully saturated rings. The quantitative estimate of drug-likeness (QED) is 0.168. The molecule has 0 atom stereocenters. The summed E-state index contributed by atoms with van der Waals surface area (Å²) in [7, 11) is 6.60. The topological polar surface area (TPSA) is 148 Å². The number of aryl methyl sites for hydroxylation is 2. The molecule has 12 heteroatoms. The van der Waals surface area contributed by atoms with Crippen molar-refractivity contribution in [1.82, 2.24) is 25.1 Å². The molecule has 0 radical (unpaired) electrons. The number of nitro groups is 1. The van der Waals surface area contributed by atoms with E-state index in [9.17, 15) is 19.7 Å². The summed E-state index contributed by atoms with van der Waals surface area (Å²) in [6, 6.07) is 2.72. The number of nitrogens with zero attached hydrogens (tertiary/aromatic N) is 4. The third-order valence-corrected chi connectivity index (χ3v) is 4.09. The lowest BCUT2D eigenvalue weighted by Gasteiger charge is -2.09. The fraction of sp³-hybridized carbons (Fsp3) is 0.353. The van der Waals surface area contributed by atoms with Gasteiger partial charge in [-0.05, 0) is 6.07 Å². The van der Waals surface area contributed by atoms with E-state index in [-0.39, 0.29) is 17.3 Å². The summed E-state index contributed by atoms with van der Waals surface area (Å²) < 4.78 is 2.95. The van der Waals surface area contributed by atoms with Crippen molar-refractivity contribution in [1.29, 1.82) is 0 Å². The van der Waals surface area contributed by atoms with Gasteiger partial charge in [0.25, 0.3) is 17.5 Å². The van der Waals surface area contributed by atoms with Gasteiger partial charge in [-0.25, -0.2) is 0 Å². The Morgan fingerprint density at radius 1 is 1.07 bits per heavy atom. The monoisotopic (exact) mass is 404 g/mol. The van der Waals surface area contributed by atoms with E-state index >= 15 is 0 Å². The molecule has 0 aliphatic rings. The average Bonchev–Trinajstić information content (AvgIpc) is 3.24. The van der Waals surface area contributed by atoms with Gasteiger partial charge in [0.1, 0.15) is 11.4 Å². The maximum atomic E-state index is 12.4. The first kappa shape index (κ1) is 21.5. The van der Waals surface area contributed by atoms with Crippen LogP contribution < -0.4 is 21.3 Å². The maximum absolute atomic E-state index is 12.4. The van der Waals surface area contributed by atoms with Gasteiger partial charge in [-0.15, -0.1) is 0 Å². The van der Waals surface area contributed by atoms with Gasteiger partial charge in [-0.2, -0.15) is 0 Å². The summed E-state index contributed by atoms with van der Waals surface area (Å²) in [5.41, 5.74) is 0.723. The Bertz CT molecular complexity index is 943. The minimum atomic E-state index is -0.567. The zero-order valence-corrected chi connectivity index (χ0v) is 16.6. The minimum absolute atomic E-state index is 0.135. The number of guanidine groups is 1. The third-order valence-electron chi connectivity index (χ3n) is 4.09. The summed E-state index contributed by atoms with van der Waals surface area (Å²) >= 11 is 0. The molecule has 29 heavy (non-hydrogen) atoms. The number of rotatable bonds is 7. The summed E-state index contributed by atoms with van der Waals surface area (Å²) in [6.07, 6.45) is 2.85. The molecule has 2 rings (SSSR count). The zero-order chi connectivity index (χ0) is 21.6. The molecule has 2 aromatic rings. The highest BCUT2D eigenvalue weighted by molar-refractivity contribution is 6.04. The highest BCUT2D eigenvalue weighted by Gasteiger charge is 2.19. The van der Waals surface area contributed by atoms with Crippen LogP contribution in [-0.4, -0.2) is 59.0 Å². The first-order valence-electron chi connectivity index (χ1n) is 8.72. The number of carbonyl (C=O) groups excluding carboxylic acids is 2. The van der Waals surface area contributed by atoms with Crippen molar-refractivity contribution in [3.05, 3.63) is 46.0 Å². The lowest BCUT2D eigenvalue weighted by molar-refractivity contribution is -0.384. The fourth-order valence-corrected chi connectivity index (χ4v) is 2.65. The van der Waals surface area contributed by atoms with Crippen LogP contribution in [0.1, 0.15) is 21.0 Å². The normalized spacial score (nSPS) is 11.1. The van der Waals surface area contributed by atoms with Gasteiger partial charge in [0, 0.05) is 53.5 Å². The molecule has 2 amide bonds. The molecule has 0 saturated heterocycles. The average molecular weight is 404 g/mol. The molecule has 2 heterocycles. The lowest BCUT2D eigenvalue weighted by Crippen LogP contribution is -2.40. The molecular weight excluding hydrogens is 380 g/mol. The molecular formula is C17H24N8O4. The van der Waals surface area contributed by atoms with Crippen molar-refractivity contribution in [2.24, 2.45) is 19.1 Å². The number of carbonyl (C=O) groups is 2. The number of hydrogen-bond acceptors (Lipinski definition) is 5.